The smallest absolute Gasteiger partial charge is 0.164 e. The van der Waals surface area contributed by atoms with Gasteiger partial charge in [0.1, 0.15) is 0 Å². The highest BCUT2D eigenvalue weighted by Crippen LogP contribution is 2.43. The fourth-order valence-electron chi connectivity index (χ4n) is 9.06. The first kappa shape index (κ1) is 33.2. The Bertz CT molecular complexity index is 3550. The Morgan fingerprint density at radius 2 is 0.831 bits per heavy atom. The van der Waals surface area contributed by atoms with Gasteiger partial charge in [0.05, 0.1) is 11.0 Å². The number of nitrogens with zero attached hydrogens (tertiary/aromatic N) is 4. The van der Waals surface area contributed by atoms with Crippen LogP contribution in [0.1, 0.15) is 0 Å². The Labute approximate surface area is 340 Å². The molecule has 12 aromatic rings. The van der Waals surface area contributed by atoms with Crippen LogP contribution in [0.5, 0.6) is 0 Å². The van der Waals surface area contributed by atoms with Crippen LogP contribution in [0.3, 0.4) is 0 Å². The average Bonchev–Trinajstić information content (AvgIpc) is 3.65. The quantitative estimate of drug-likeness (QED) is 0.165. The van der Waals surface area contributed by atoms with E-state index in [1.165, 1.54) is 70.6 Å². The normalized spacial score (nSPS) is 11.7. The summed E-state index contributed by atoms with van der Waals surface area (Å²) in [6.07, 6.45) is 0. The molecular weight excluding hydrogens is 717 g/mol. The summed E-state index contributed by atoms with van der Waals surface area (Å²) in [6.45, 7) is 0. The van der Waals surface area contributed by atoms with Crippen molar-refractivity contribution in [3.05, 3.63) is 206 Å². The molecule has 274 valence electrons. The minimum Gasteiger partial charge on any atom is -0.309 e. The second-order valence-electron chi connectivity index (χ2n) is 15.2. The van der Waals surface area contributed by atoms with Gasteiger partial charge in [-0.1, -0.05) is 170 Å². The molecule has 0 aliphatic carbocycles. The van der Waals surface area contributed by atoms with Crippen LogP contribution in [0.25, 0.3) is 116 Å². The van der Waals surface area contributed by atoms with Crippen molar-refractivity contribution in [2.75, 3.05) is 0 Å². The Morgan fingerprint density at radius 3 is 1.58 bits per heavy atom. The van der Waals surface area contributed by atoms with Crippen molar-refractivity contribution in [2.45, 2.75) is 0 Å². The first-order chi connectivity index (χ1) is 29.2. The molecule has 59 heavy (non-hydrogen) atoms. The molecule has 0 aliphatic heterocycles. The van der Waals surface area contributed by atoms with E-state index in [2.05, 4.69) is 150 Å². The minimum absolute atomic E-state index is 0.644. The number of para-hydroxylation sites is 1. The van der Waals surface area contributed by atoms with Gasteiger partial charge in [-0.3, -0.25) is 0 Å². The Kier molecular flexibility index (Phi) is 7.50. The van der Waals surface area contributed by atoms with Crippen molar-refractivity contribution in [2.24, 2.45) is 0 Å². The molecule has 0 bridgehead atoms. The van der Waals surface area contributed by atoms with Gasteiger partial charge in [0.25, 0.3) is 0 Å². The van der Waals surface area contributed by atoms with Gasteiger partial charge in [0.15, 0.2) is 17.5 Å². The van der Waals surface area contributed by atoms with Gasteiger partial charge < -0.3 is 4.57 Å². The van der Waals surface area contributed by atoms with E-state index in [1.807, 2.05) is 60.7 Å². The molecular formula is C55H34N4. The molecule has 12 rings (SSSR count). The van der Waals surface area contributed by atoms with Crippen molar-refractivity contribution in [1.82, 2.24) is 19.5 Å². The van der Waals surface area contributed by atoms with Crippen LogP contribution in [0.15, 0.2) is 206 Å². The van der Waals surface area contributed by atoms with E-state index in [0.29, 0.717) is 17.5 Å². The highest BCUT2D eigenvalue weighted by molar-refractivity contribution is 6.29. The van der Waals surface area contributed by atoms with E-state index in [-0.39, 0.29) is 0 Å². The topological polar surface area (TPSA) is 43.6 Å². The fourth-order valence-corrected chi connectivity index (χ4v) is 9.06. The van der Waals surface area contributed by atoms with Crippen molar-refractivity contribution in [3.8, 4) is 51.0 Å². The summed E-state index contributed by atoms with van der Waals surface area (Å²) in [4.78, 5) is 15.1. The number of fused-ring (bicyclic) bond motifs is 10. The SMILES string of the molecule is c1ccc(-c2nc(-c3ccccc3)nc(-c3ccc4c(c3)c3ccccc3c3cccc(-c5ccc6c(c5)c5ccccc5n6-c5ccc6ccccc6c5)c34)n2)cc1. The zero-order chi connectivity index (χ0) is 38.9. The van der Waals surface area contributed by atoms with Gasteiger partial charge in [-0.25, -0.2) is 15.0 Å². The van der Waals surface area contributed by atoms with Crippen LogP contribution in [-0.2, 0) is 0 Å². The van der Waals surface area contributed by atoms with E-state index < -0.39 is 0 Å². The van der Waals surface area contributed by atoms with Gasteiger partial charge in [-0.15, -0.1) is 0 Å². The average molecular weight is 751 g/mol. The Balaban J connectivity index is 1.07. The molecule has 0 spiro atoms. The lowest BCUT2D eigenvalue weighted by Crippen LogP contribution is -2.00. The summed E-state index contributed by atoms with van der Waals surface area (Å²) >= 11 is 0. The summed E-state index contributed by atoms with van der Waals surface area (Å²) in [5.41, 5.74) is 8.77. The molecule has 4 nitrogen and oxygen atoms in total. The molecule has 0 aliphatic rings. The van der Waals surface area contributed by atoms with Gasteiger partial charge in [0, 0.05) is 33.2 Å². The fraction of sp³-hybridized carbons (Fsp3) is 0. The standard InChI is InChI=1S/C55H34N4/c1-3-15-36(16-4-1)53-56-54(37-17-5-2-6-18-37)58-55(57-53)40-27-30-47-48(34-40)44-21-10-9-20-43(44)46-24-13-23-42(52(46)47)39-28-31-51-49(33-39)45-22-11-12-25-50(45)59(51)41-29-26-35-14-7-8-19-38(35)32-41/h1-34H. The monoisotopic (exact) mass is 750 g/mol. The first-order valence-corrected chi connectivity index (χ1v) is 20.0. The first-order valence-electron chi connectivity index (χ1n) is 20.0. The predicted molar refractivity (Wildman–Crippen MR) is 246 cm³/mol. The molecule has 0 fully saturated rings. The van der Waals surface area contributed by atoms with E-state index in [0.717, 1.165) is 27.8 Å². The van der Waals surface area contributed by atoms with Crippen LogP contribution in [0.2, 0.25) is 0 Å². The molecule has 2 aromatic heterocycles. The molecule has 0 radical (unpaired) electrons. The van der Waals surface area contributed by atoms with E-state index in [4.69, 9.17) is 15.0 Å². The summed E-state index contributed by atoms with van der Waals surface area (Å²) in [6, 6.07) is 73.6. The summed E-state index contributed by atoms with van der Waals surface area (Å²) in [5.74, 6) is 1.94. The lowest BCUT2D eigenvalue weighted by atomic mass is 9.88. The third-order valence-electron chi connectivity index (χ3n) is 11.8. The van der Waals surface area contributed by atoms with Crippen molar-refractivity contribution >= 4 is 64.9 Å². The van der Waals surface area contributed by atoms with Gasteiger partial charge in [-0.05, 0) is 90.6 Å². The summed E-state index contributed by atoms with van der Waals surface area (Å²) in [7, 11) is 0. The molecule has 0 atom stereocenters. The highest BCUT2D eigenvalue weighted by Gasteiger charge is 2.19. The summed E-state index contributed by atoms with van der Waals surface area (Å²) < 4.78 is 2.40. The van der Waals surface area contributed by atoms with Gasteiger partial charge in [0.2, 0.25) is 0 Å². The second-order valence-corrected chi connectivity index (χ2v) is 15.2. The van der Waals surface area contributed by atoms with Crippen LogP contribution in [0.4, 0.5) is 0 Å². The zero-order valence-electron chi connectivity index (χ0n) is 31.9. The molecule has 4 heteroatoms. The molecule has 0 amide bonds. The molecule has 2 heterocycles. The molecule has 0 unspecified atom stereocenters. The largest absolute Gasteiger partial charge is 0.309 e. The maximum atomic E-state index is 5.08. The number of aromatic nitrogens is 4. The van der Waals surface area contributed by atoms with Crippen molar-refractivity contribution < 1.29 is 0 Å². The van der Waals surface area contributed by atoms with E-state index in [9.17, 15) is 0 Å². The third-order valence-corrected chi connectivity index (χ3v) is 11.8. The predicted octanol–water partition coefficient (Wildman–Crippen LogP) is 14.2. The molecule has 0 saturated carbocycles. The highest BCUT2D eigenvalue weighted by atomic mass is 15.0. The number of rotatable bonds is 5. The lowest BCUT2D eigenvalue weighted by Gasteiger charge is -2.16. The van der Waals surface area contributed by atoms with E-state index >= 15 is 0 Å². The third kappa shape index (κ3) is 5.42. The maximum absolute atomic E-state index is 5.08. The minimum atomic E-state index is 0.644. The summed E-state index contributed by atoms with van der Waals surface area (Å²) in [5, 5.41) is 12.2. The zero-order valence-corrected chi connectivity index (χ0v) is 31.9. The Hall–Kier alpha value is -7.95. The van der Waals surface area contributed by atoms with Gasteiger partial charge >= 0.3 is 0 Å². The Morgan fingerprint density at radius 1 is 0.288 bits per heavy atom. The number of hydrogen-bond acceptors (Lipinski definition) is 3. The number of benzene rings is 10. The van der Waals surface area contributed by atoms with Crippen LogP contribution >= 0.6 is 0 Å². The van der Waals surface area contributed by atoms with Crippen LogP contribution < -0.4 is 0 Å². The number of hydrogen-bond donors (Lipinski definition) is 0. The molecule has 0 saturated heterocycles. The second kappa shape index (κ2) is 13.3. The van der Waals surface area contributed by atoms with Crippen LogP contribution in [0, 0.1) is 0 Å². The van der Waals surface area contributed by atoms with Crippen molar-refractivity contribution in [1.29, 1.82) is 0 Å². The maximum Gasteiger partial charge on any atom is 0.164 e. The lowest BCUT2D eigenvalue weighted by molar-refractivity contribution is 1.07. The van der Waals surface area contributed by atoms with Crippen molar-refractivity contribution in [3.63, 3.8) is 0 Å². The molecule has 0 N–H and O–H groups in total. The van der Waals surface area contributed by atoms with Gasteiger partial charge in [-0.2, -0.15) is 0 Å². The van der Waals surface area contributed by atoms with E-state index in [1.54, 1.807) is 0 Å². The van der Waals surface area contributed by atoms with Crippen LogP contribution in [-0.4, -0.2) is 19.5 Å². The molecule has 10 aromatic carbocycles.